The number of rotatable bonds is 7. The van der Waals surface area contributed by atoms with Crippen LogP contribution in [0.5, 0.6) is 0 Å². The summed E-state index contributed by atoms with van der Waals surface area (Å²) in [7, 11) is 0. The van der Waals surface area contributed by atoms with E-state index in [0.29, 0.717) is 0 Å². The third kappa shape index (κ3) is 5.62. The zero-order valence-electron chi connectivity index (χ0n) is 29.6. The van der Waals surface area contributed by atoms with Crippen molar-refractivity contribution in [2.75, 3.05) is 4.90 Å². The predicted octanol–water partition coefficient (Wildman–Crippen LogP) is 14.9. The molecule has 0 aliphatic heterocycles. The number of hydrogen-bond acceptors (Lipinski definition) is 2. The highest BCUT2D eigenvalue weighted by Gasteiger charge is 2.22. The molecule has 0 saturated heterocycles. The lowest BCUT2D eigenvalue weighted by atomic mass is 9.96. The summed E-state index contributed by atoms with van der Waals surface area (Å²) < 4.78 is 6.59. The highest BCUT2D eigenvalue weighted by Crippen LogP contribution is 2.47. The molecule has 254 valence electrons. The van der Waals surface area contributed by atoms with Crippen molar-refractivity contribution in [3.63, 3.8) is 0 Å². The number of para-hydroxylation sites is 4. The Morgan fingerprint density at radius 2 is 0.870 bits per heavy atom. The molecule has 0 N–H and O–H groups in total. The fourth-order valence-corrected chi connectivity index (χ4v) is 7.84. The first-order chi connectivity index (χ1) is 26.8. The van der Waals surface area contributed by atoms with Crippen LogP contribution in [0.2, 0.25) is 0 Å². The molecule has 0 bridgehead atoms. The minimum absolute atomic E-state index is 0.893. The van der Waals surface area contributed by atoms with Crippen LogP contribution in [0.4, 0.5) is 17.1 Å². The smallest absolute Gasteiger partial charge is 0.143 e. The summed E-state index contributed by atoms with van der Waals surface area (Å²) in [4.78, 5) is 2.40. The fraction of sp³-hybridized carbons (Fsp3) is 0. The molecule has 0 aliphatic rings. The van der Waals surface area contributed by atoms with Crippen LogP contribution in [0.1, 0.15) is 0 Å². The van der Waals surface area contributed by atoms with E-state index in [2.05, 4.69) is 205 Å². The summed E-state index contributed by atoms with van der Waals surface area (Å²) in [5.74, 6) is 0. The zero-order valence-corrected chi connectivity index (χ0v) is 29.6. The number of furan rings is 1. The molecule has 0 atom stereocenters. The van der Waals surface area contributed by atoms with Crippen molar-refractivity contribution < 1.29 is 4.42 Å². The van der Waals surface area contributed by atoms with Gasteiger partial charge >= 0.3 is 0 Å². The predicted molar refractivity (Wildman–Crippen MR) is 228 cm³/mol. The van der Waals surface area contributed by atoms with Gasteiger partial charge in [-0.05, 0) is 81.1 Å². The third-order valence-electron chi connectivity index (χ3n) is 10.5. The molecule has 2 heteroatoms. The van der Waals surface area contributed by atoms with E-state index < -0.39 is 0 Å². The van der Waals surface area contributed by atoms with Crippen molar-refractivity contribution in [1.29, 1.82) is 0 Å². The van der Waals surface area contributed by atoms with Gasteiger partial charge in [-0.15, -0.1) is 0 Å². The zero-order chi connectivity index (χ0) is 35.8. The average Bonchev–Trinajstić information content (AvgIpc) is 3.64. The normalized spacial score (nSPS) is 11.3. The molecule has 2 nitrogen and oxygen atoms in total. The molecule has 54 heavy (non-hydrogen) atoms. The van der Waals surface area contributed by atoms with Crippen molar-refractivity contribution in [1.82, 2.24) is 0 Å². The van der Waals surface area contributed by atoms with Gasteiger partial charge < -0.3 is 9.32 Å². The molecule has 10 aromatic rings. The molecular formula is C52H35NO. The summed E-state index contributed by atoms with van der Waals surface area (Å²) >= 11 is 0. The minimum Gasteiger partial charge on any atom is -0.455 e. The SMILES string of the molecule is c1ccc(-c2ccccc2N(c2ccc(-c3cccc(-c4ccc5ccccc5c4)c3)cc2)c2ccccc2-c2cccc3c2oc2ccccc23)cc1. The highest BCUT2D eigenvalue weighted by molar-refractivity contribution is 6.11. The Labute approximate surface area is 314 Å². The Hall–Kier alpha value is -7.16. The Balaban J connectivity index is 1.12. The molecule has 1 heterocycles. The summed E-state index contributed by atoms with van der Waals surface area (Å²) in [6.07, 6.45) is 0. The van der Waals surface area contributed by atoms with Crippen LogP contribution in [0.25, 0.3) is 77.2 Å². The third-order valence-corrected chi connectivity index (χ3v) is 10.5. The van der Waals surface area contributed by atoms with Crippen LogP contribution >= 0.6 is 0 Å². The Bertz CT molecular complexity index is 2940. The highest BCUT2D eigenvalue weighted by atomic mass is 16.3. The van der Waals surface area contributed by atoms with Crippen LogP contribution in [0.3, 0.4) is 0 Å². The second-order valence-electron chi connectivity index (χ2n) is 13.7. The average molecular weight is 690 g/mol. The van der Waals surface area contributed by atoms with Crippen molar-refractivity contribution >= 4 is 49.8 Å². The number of nitrogens with zero attached hydrogens (tertiary/aromatic N) is 1. The summed E-state index contributed by atoms with van der Waals surface area (Å²) in [6.45, 7) is 0. The minimum atomic E-state index is 0.893. The largest absolute Gasteiger partial charge is 0.455 e. The van der Waals surface area contributed by atoms with E-state index in [-0.39, 0.29) is 0 Å². The van der Waals surface area contributed by atoms with Crippen LogP contribution in [0.15, 0.2) is 217 Å². The van der Waals surface area contributed by atoms with E-state index in [1.54, 1.807) is 0 Å². The standard InChI is InChI=1S/C52H35NO/c1-2-15-38(16-3-1)44-20-6-9-25-49(44)53(50-26-10-7-21-45(50)47-23-13-24-48-46-22-8-11-27-51(46)54-52(47)48)43-32-30-37(31-33-43)40-18-12-19-41(34-40)42-29-28-36-14-4-5-17-39(36)35-42/h1-35H. The Morgan fingerprint density at radius 3 is 1.70 bits per heavy atom. The lowest BCUT2D eigenvalue weighted by molar-refractivity contribution is 0.670. The van der Waals surface area contributed by atoms with E-state index >= 15 is 0 Å². The van der Waals surface area contributed by atoms with Gasteiger partial charge in [0.1, 0.15) is 11.2 Å². The van der Waals surface area contributed by atoms with Crippen molar-refractivity contribution in [2.24, 2.45) is 0 Å². The van der Waals surface area contributed by atoms with Crippen LogP contribution < -0.4 is 4.90 Å². The molecule has 9 aromatic carbocycles. The first-order valence-electron chi connectivity index (χ1n) is 18.4. The van der Waals surface area contributed by atoms with Gasteiger partial charge in [-0.1, -0.05) is 170 Å². The van der Waals surface area contributed by atoms with Crippen molar-refractivity contribution in [3.05, 3.63) is 212 Å². The van der Waals surface area contributed by atoms with E-state index in [1.807, 2.05) is 12.1 Å². The number of fused-ring (bicyclic) bond motifs is 4. The molecule has 0 radical (unpaired) electrons. The van der Waals surface area contributed by atoms with Gasteiger partial charge in [-0.2, -0.15) is 0 Å². The molecule has 0 unspecified atom stereocenters. The Morgan fingerprint density at radius 1 is 0.315 bits per heavy atom. The van der Waals surface area contributed by atoms with Crippen LogP contribution in [-0.4, -0.2) is 0 Å². The van der Waals surface area contributed by atoms with Gasteiger partial charge in [-0.3, -0.25) is 0 Å². The second-order valence-corrected chi connectivity index (χ2v) is 13.7. The van der Waals surface area contributed by atoms with Gasteiger partial charge in [0.25, 0.3) is 0 Å². The molecular weight excluding hydrogens is 655 g/mol. The Kier molecular flexibility index (Phi) is 7.85. The summed E-state index contributed by atoms with van der Waals surface area (Å²) in [6, 6.07) is 75.9. The molecule has 10 rings (SSSR count). The van der Waals surface area contributed by atoms with Gasteiger partial charge in [0.05, 0.1) is 11.4 Å². The van der Waals surface area contributed by atoms with E-state index in [9.17, 15) is 0 Å². The first kappa shape index (κ1) is 31.6. The number of hydrogen-bond donors (Lipinski definition) is 0. The van der Waals surface area contributed by atoms with E-state index in [0.717, 1.165) is 66.8 Å². The monoisotopic (exact) mass is 689 g/mol. The van der Waals surface area contributed by atoms with E-state index in [4.69, 9.17) is 4.42 Å². The number of benzene rings is 9. The van der Waals surface area contributed by atoms with Gasteiger partial charge in [0.2, 0.25) is 0 Å². The van der Waals surface area contributed by atoms with Gasteiger partial charge in [0, 0.05) is 33.2 Å². The van der Waals surface area contributed by atoms with Crippen molar-refractivity contribution in [3.8, 4) is 44.5 Å². The topological polar surface area (TPSA) is 16.4 Å². The van der Waals surface area contributed by atoms with Crippen LogP contribution in [0, 0.1) is 0 Å². The molecule has 0 spiro atoms. The fourth-order valence-electron chi connectivity index (χ4n) is 7.84. The maximum Gasteiger partial charge on any atom is 0.143 e. The molecule has 1 aromatic heterocycles. The molecule has 0 amide bonds. The quantitative estimate of drug-likeness (QED) is 0.166. The van der Waals surface area contributed by atoms with Crippen LogP contribution in [-0.2, 0) is 0 Å². The molecule has 0 fully saturated rings. The summed E-state index contributed by atoms with van der Waals surface area (Å²) in [5, 5.41) is 4.74. The molecule has 0 aliphatic carbocycles. The maximum absolute atomic E-state index is 6.59. The van der Waals surface area contributed by atoms with Gasteiger partial charge in [-0.25, -0.2) is 0 Å². The second kappa shape index (κ2) is 13.4. The first-order valence-corrected chi connectivity index (χ1v) is 18.4. The van der Waals surface area contributed by atoms with E-state index in [1.165, 1.54) is 27.5 Å². The maximum atomic E-state index is 6.59. The lowest BCUT2D eigenvalue weighted by Crippen LogP contribution is -2.12. The number of anilines is 3. The van der Waals surface area contributed by atoms with Crippen molar-refractivity contribution in [2.45, 2.75) is 0 Å². The lowest BCUT2D eigenvalue weighted by Gasteiger charge is -2.30. The molecule has 0 saturated carbocycles. The van der Waals surface area contributed by atoms with Gasteiger partial charge in [0.15, 0.2) is 0 Å². The summed E-state index contributed by atoms with van der Waals surface area (Å²) in [5.41, 5.74) is 14.3.